The Morgan fingerprint density at radius 3 is 2.67 bits per heavy atom. The number of aryl methyl sites for hydroxylation is 1. The van der Waals surface area contributed by atoms with Gasteiger partial charge in [-0.1, -0.05) is 29.4 Å². The second kappa shape index (κ2) is 8.30. The number of benzene rings is 2. The Morgan fingerprint density at radius 1 is 1.22 bits per heavy atom. The highest BCUT2D eigenvalue weighted by Crippen LogP contribution is 2.60. The summed E-state index contributed by atoms with van der Waals surface area (Å²) in [7, 11) is 1.68. The second-order valence-electron chi connectivity index (χ2n) is 10.4. The summed E-state index contributed by atoms with van der Waals surface area (Å²) in [5, 5.41) is 4.87. The molecule has 1 saturated carbocycles. The van der Waals surface area contributed by atoms with Crippen molar-refractivity contribution in [2.24, 2.45) is 5.41 Å². The van der Waals surface area contributed by atoms with E-state index in [9.17, 15) is 13.6 Å². The van der Waals surface area contributed by atoms with E-state index in [-0.39, 0.29) is 24.3 Å². The molecule has 7 nitrogen and oxygen atoms in total. The summed E-state index contributed by atoms with van der Waals surface area (Å²) in [5.41, 5.74) is 4.74. The van der Waals surface area contributed by atoms with Crippen LogP contribution in [0, 0.1) is 12.3 Å². The van der Waals surface area contributed by atoms with E-state index in [1.54, 1.807) is 7.11 Å². The summed E-state index contributed by atoms with van der Waals surface area (Å²) in [6.45, 7) is 3.42. The number of likely N-dealkylation sites (tertiary alicyclic amines) is 1. The van der Waals surface area contributed by atoms with Gasteiger partial charge < -0.3 is 9.72 Å². The number of aromatic nitrogens is 3. The summed E-state index contributed by atoms with van der Waals surface area (Å²) >= 11 is 0. The van der Waals surface area contributed by atoms with Crippen molar-refractivity contribution in [3.05, 3.63) is 69.8 Å². The summed E-state index contributed by atoms with van der Waals surface area (Å²) < 4.78 is 38.4. The van der Waals surface area contributed by atoms with Gasteiger partial charge in [0.1, 0.15) is 5.75 Å². The molecule has 2 N–H and O–H groups in total. The third kappa shape index (κ3) is 3.91. The molecule has 1 spiro atoms. The van der Waals surface area contributed by atoms with E-state index in [0.717, 1.165) is 51.9 Å². The van der Waals surface area contributed by atoms with E-state index in [2.05, 4.69) is 43.6 Å². The monoisotopic (exact) mass is 494 g/mol. The lowest BCUT2D eigenvalue weighted by molar-refractivity contribution is -0.186. The number of rotatable bonds is 5. The predicted molar refractivity (Wildman–Crippen MR) is 131 cm³/mol. The zero-order valence-corrected chi connectivity index (χ0v) is 20.2. The SMILES string of the molecule is COc1cc(C)c2[nH]ccc2c1CN1CCC2(CC1c1ccc(-c3noc(=O)[nH]3)cc1)CC(F)(F)C2. The van der Waals surface area contributed by atoms with Crippen molar-refractivity contribution in [1.82, 2.24) is 20.0 Å². The summed E-state index contributed by atoms with van der Waals surface area (Å²) in [5.74, 6) is -1.98. The molecule has 1 aliphatic heterocycles. The molecule has 2 aromatic carbocycles. The zero-order valence-electron chi connectivity index (χ0n) is 20.2. The number of nitrogens with zero attached hydrogens (tertiary/aromatic N) is 2. The summed E-state index contributed by atoms with van der Waals surface area (Å²) in [6, 6.07) is 11.8. The van der Waals surface area contributed by atoms with Crippen LogP contribution in [-0.2, 0) is 6.54 Å². The number of hydrogen-bond donors (Lipinski definition) is 2. The molecular weight excluding hydrogens is 466 g/mol. The van der Waals surface area contributed by atoms with Crippen molar-refractivity contribution in [2.45, 2.75) is 51.1 Å². The number of piperidine rings is 1. The molecule has 1 unspecified atom stereocenters. The van der Waals surface area contributed by atoms with Gasteiger partial charge in [-0.2, -0.15) is 0 Å². The molecule has 1 atom stereocenters. The summed E-state index contributed by atoms with van der Waals surface area (Å²) in [4.78, 5) is 19.6. The van der Waals surface area contributed by atoms with Crippen molar-refractivity contribution in [3.8, 4) is 17.1 Å². The third-order valence-corrected chi connectivity index (χ3v) is 7.97. The number of aromatic amines is 2. The van der Waals surface area contributed by atoms with Gasteiger partial charge in [-0.15, -0.1) is 0 Å². The molecule has 188 valence electrons. The minimum atomic E-state index is -2.56. The number of methoxy groups -OCH3 is 1. The van der Waals surface area contributed by atoms with Crippen LogP contribution in [0.2, 0.25) is 0 Å². The standard InChI is InChI=1S/C27H28F2N4O3/c1-16-11-22(35-2)20(19-7-9-30-23(16)19)13-33-10-8-26(14-27(28,29)15-26)12-21(33)17-3-5-18(6-4-17)24-31-25(34)36-32-24/h3-7,9,11,21,30H,8,10,12-15H2,1-2H3,(H,31,32,34). The first-order valence-corrected chi connectivity index (χ1v) is 12.2. The molecule has 36 heavy (non-hydrogen) atoms. The molecule has 0 bridgehead atoms. The minimum absolute atomic E-state index is 0.0275. The number of fused-ring (bicyclic) bond motifs is 1. The molecule has 4 aromatic rings. The van der Waals surface area contributed by atoms with Crippen LogP contribution >= 0.6 is 0 Å². The fraction of sp³-hybridized carbons (Fsp3) is 0.407. The van der Waals surface area contributed by atoms with Gasteiger partial charge in [0, 0.05) is 53.7 Å². The molecular formula is C27H28F2N4O3. The van der Waals surface area contributed by atoms with Gasteiger partial charge in [-0.05, 0) is 55.0 Å². The molecule has 2 aromatic heterocycles. The van der Waals surface area contributed by atoms with Crippen molar-refractivity contribution in [2.75, 3.05) is 13.7 Å². The van der Waals surface area contributed by atoms with E-state index < -0.39 is 11.7 Å². The fourth-order valence-electron chi connectivity index (χ4n) is 6.26. The van der Waals surface area contributed by atoms with E-state index >= 15 is 0 Å². The molecule has 0 amide bonds. The largest absolute Gasteiger partial charge is 0.496 e. The Morgan fingerprint density at radius 2 is 2.00 bits per heavy atom. The first kappa shape index (κ1) is 23.0. The first-order chi connectivity index (χ1) is 17.3. The highest BCUT2D eigenvalue weighted by atomic mass is 19.3. The average molecular weight is 495 g/mol. The lowest BCUT2D eigenvalue weighted by Crippen LogP contribution is -2.53. The van der Waals surface area contributed by atoms with Gasteiger partial charge in [0.15, 0.2) is 5.82 Å². The number of alkyl halides is 2. The van der Waals surface area contributed by atoms with Crippen LogP contribution in [0.25, 0.3) is 22.3 Å². The number of hydrogen-bond acceptors (Lipinski definition) is 5. The van der Waals surface area contributed by atoms with E-state index in [1.807, 2.05) is 30.5 Å². The van der Waals surface area contributed by atoms with Crippen molar-refractivity contribution in [3.63, 3.8) is 0 Å². The molecule has 3 heterocycles. The molecule has 1 saturated heterocycles. The van der Waals surface area contributed by atoms with Crippen LogP contribution in [-0.4, -0.2) is 39.6 Å². The van der Waals surface area contributed by atoms with Crippen LogP contribution in [0.4, 0.5) is 8.78 Å². The number of H-pyrrole nitrogens is 2. The molecule has 2 fully saturated rings. The van der Waals surface area contributed by atoms with Crippen LogP contribution < -0.4 is 10.5 Å². The van der Waals surface area contributed by atoms with Crippen LogP contribution in [0.15, 0.2) is 51.9 Å². The summed E-state index contributed by atoms with van der Waals surface area (Å²) in [6.07, 6.45) is 3.28. The average Bonchev–Trinajstić information content (AvgIpc) is 3.50. The number of halogens is 2. The minimum Gasteiger partial charge on any atom is -0.496 e. The van der Waals surface area contributed by atoms with Crippen LogP contribution in [0.5, 0.6) is 5.75 Å². The maximum Gasteiger partial charge on any atom is 0.439 e. The van der Waals surface area contributed by atoms with Gasteiger partial charge in [0.2, 0.25) is 5.92 Å². The Bertz CT molecular complexity index is 1460. The van der Waals surface area contributed by atoms with Gasteiger partial charge in [-0.3, -0.25) is 14.4 Å². The second-order valence-corrected chi connectivity index (χ2v) is 10.4. The van der Waals surface area contributed by atoms with E-state index in [0.29, 0.717) is 18.8 Å². The highest BCUT2D eigenvalue weighted by Gasteiger charge is 2.58. The smallest absolute Gasteiger partial charge is 0.439 e. The van der Waals surface area contributed by atoms with Gasteiger partial charge in [-0.25, -0.2) is 13.6 Å². The van der Waals surface area contributed by atoms with E-state index in [1.165, 1.54) is 0 Å². The first-order valence-electron chi connectivity index (χ1n) is 12.2. The topological polar surface area (TPSA) is 87.2 Å². The molecule has 9 heteroatoms. The van der Waals surface area contributed by atoms with Crippen molar-refractivity contribution < 1.29 is 18.0 Å². The maximum atomic E-state index is 14.0. The Balaban J connectivity index is 1.35. The number of nitrogens with one attached hydrogen (secondary N) is 2. The Kier molecular flexibility index (Phi) is 5.29. The molecule has 2 aliphatic rings. The van der Waals surface area contributed by atoms with Crippen LogP contribution in [0.1, 0.15) is 48.4 Å². The third-order valence-electron chi connectivity index (χ3n) is 7.97. The zero-order chi connectivity index (χ0) is 25.1. The van der Waals surface area contributed by atoms with Gasteiger partial charge in [0.05, 0.1) is 7.11 Å². The highest BCUT2D eigenvalue weighted by molar-refractivity contribution is 5.88. The molecule has 0 radical (unpaired) electrons. The Labute approximate surface area is 206 Å². The Hall–Kier alpha value is -3.46. The van der Waals surface area contributed by atoms with E-state index in [4.69, 9.17) is 4.74 Å². The van der Waals surface area contributed by atoms with Gasteiger partial charge in [0.25, 0.3) is 0 Å². The van der Waals surface area contributed by atoms with Crippen LogP contribution in [0.3, 0.4) is 0 Å². The normalized spacial score (nSPS) is 21.1. The lowest BCUT2D eigenvalue weighted by Gasteiger charge is -2.54. The molecule has 1 aliphatic carbocycles. The maximum absolute atomic E-state index is 14.0. The van der Waals surface area contributed by atoms with Crippen molar-refractivity contribution >= 4 is 10.9 Å². The number of ether oxygens (including phenoxy) is 1. The molecule has 6 rings (SSSR count). The van der Waals surface area contributed by atoms with Gasteiger partial charge >= 0.3 is 5.76 Å². The quantitative estimate of drug-likeness (QED) is 0.378. The lowest BCUT2D eigenvalue weighted by atomic mass is 9.59. The predicted octanol–water partition coefficient (Wildman–Crippen LogP) is 5.58. The van der Waals surface area contributed by atoms with Crippen molar-refractivity contribution in [1.29, 1.82) is 0 Å². The fourth-order valence-corrected chi connectivity index (χ4v) is 6.26.